The molecule has 1 heterocycles. The number of ketones is 1. The van der Waals surface area contributed by atoms with Crippen LogP contribution in [-0.4, -0.2) is 22.6 Å². The van der Waals surface area contributed by atoms with Gasteiger partial charge in [-0.15, -0.1) is 0 Å². The highest BCUT2D eigenvalue weighted by atomic mass is 16.2. The van der Waals surface area contributed by atoms with Crippen molar-refractivity contribution in [3.8, 4) is 0 Å². The molecule has 0 N–H and O–H groups in total. The molecule has 1 saturated carbocycles. The number of carbonyl (C=O) groups is 2. The maximum Gasteiger partial charge on any atom is 0.254 e. The normalized spacial score (nSPS) is 18.8. The molecule has 2 aliphatic rings. The van der Waals surface area contributed by atoms with Gasteiger partial charge in [-0.1, -0.05) is 12.1 Å². The summed E-state index contributed by atoms with van der Waals surface area (Å²) in [5.74, 6) is 0.112. The van der Waals surface area contributed by atoms with Crippen molar-refractivity contribution in [2.45, 2.75) is 32.4 Å². The van der Waals surface area contributed by atoms with Gasteiger partial charge in [0.1, 0.15) is 0 Å². The summed E-state index contributed by atoms with van der Waals surface area (Å²) in [5, 5.41) is 0. The molecule has 1 aliphatic carbocycles. The molecular weight excluding hydrogens is 202 g/mol. The number of hydrogen-bond acceptors (Lipinski definition) is 2. The summed E-state index contributed by atoms with van der Waals surface area (Å²) < 4.78 is 0. The van der Waals surface area contributed by atoms with E-state index in [2.05, 4.69) is 0 Å². The topological polar surface area (TPSA) is 37.4 Å². The summed E-state index contributed by atoms with van der Waals surface area (Å²) >= 11 is 0. The van der Waals surface area contributed by atoms with Crippen molar-refractivity contribution >= 4 is 11.7 Å². The molecule has 1 amide bonds. The van der Waals surface area contributed by atoms with Gasteiger partial charge in [-0.05, 0) is 31.4 Å². The van der Waals surface area contributed by atoms with Crippen LogP contribution in [0.3, 0.4) is 0 Å². The first kappa shape index (κ1) is 9.58. The van der Waals surface area contributed by atoms with E-state index in [4.69, 9.17) is 0 Å². The molecule has 3 heteroatoms. The Bertz CT molecular complexity index is 489. The van der Waals surface area contributed by atoms with Crippen LogP contribution in [0.15, 0.2) is 18.2 Å². The number of carbonyl (C=O) groups excluding carboxylic acids is 2. The largest absolute Gasteiger partial charge is 0.331 e. The molecule has 82 valence electrons. The maximum atomic E-state index is 12.1. The molecule has 0 radical (unpaired) electrons. The number of Topliss-reactive ketones (excluding diaryl/α,β-unsaturated/α-hetero) is 1. The van der Waals surface area contributed by atoms with Crippen LogP contribution in [-0.2, 0) is 6.54 Å². The summed E-state index contributed by atoms with van der Waals surface area (Å²) in [6.07, 6.45) is 2.25. The first-order valence-electron chi connectivity index (χ1n) is 5.61. The molecule has 1 aliphatic heterocycles. The van der Waals surface area contributed by atoms with Crippen molar-refractivity contribution in [2.24, 2.45) is 0 Å². The maximum absolute atomic E-state index is 12.1. The Morgan fingerprint density at radius 1 is 1.38 bits per heavy atom. The fourth-order valence-electron chi connectivity index (χ4n) is 2.22. The van der Waals surface area contributed by atoms with Crippen molar-refractivity contribution in [1.29, 1.82) is 0 Å². The third kappa shape index (κ3) is 1.35. The molecule has 0 saturated heterocycles. The van der Waals surface area contributed by atoms with Crippen LogP contribution in [0, 0.1) is 0 Å². The van der Waals surface area contributed by atoms with Crippen LogP contribution in [0.2, 0.25) is 0 Å². The summed E-state index contributed by atoms with van der Waals surface area (Å²) in [4.78, 5) is 25.2. The van der Waals surface area contributed by atoms with Gasteiger partial charge in [0.15, 0.2) is 5.78 Å². The number of amides is 1. The van der Waals surface area contributed by atoms with Gasteiger partial charge >= 0.3 is 0 Å². The molecule has 0 unspecified atom stereocenters. The number of hydrogen-bond donors (Lipinski definition) is 0. The predicted molar refractivity (Wildman–Crippen MR) is 59.3 cm³/mol. The first-order valence-corrected chi connectivity index (χ1v) is 5.61. The highest BCUT2D eigenvalue weighted by Gasteiger charge is 2.38. The van der Waals surface area contributed by atoms with Crippen molar-refractivity contribution in [3.05, 3.63) is 34.9 Å². The molecule has 3 rings (SSSR count). The Hall–Kier alpha value is -1.64. The molecule has 0 aromatic heterocycles. The van der Waals surface area contributed by atoms with Crippen molar-refractivity contribution in [2.75, 3.05) is 0 Å². The molecule has 16 heavy (non-hydrogen) atoms. The van der Waals surface area contributed by atoms with E-state index in [1.54, 1.807) is 6.07 Å². The van der Waals surface area contributed by atoms with E-state index in [1.807, 2.05) is 17.0 Å². The fraction of sp³-hybridized carbons (Fsp3) is 0.385. The summed E-state index contributed by atoms with van der Waals surface area (Å²) in [7, 11) is 0. The van der Waals surface area contributed by atoms with Crippen LogP contribution in [0.5, 0.6) is 0 Å². The van der Waals surface area contributed by atoms with E-state index in [-0.39, 0.29) is 11.7 Å². The molecule has 3 nitrogen and oxygen atoms in total. The number of nitrogens with zero attached hydrogens (tertiary/aromatic N) is 1. The van der Waals surface area contributed by atoms with Gasteiger partial charge in [0.25, 0.3) is 5.91 Å². The Balaban J connectivity index is 1.99. The summed E-state index contributed by atoms with van der Waals surface area (Å²) in [6.45, 7) is 2.25. The second-order valence-electron chi connectivity index (χ2n) is 4.59. The Morgan fingerprint density at radius 3 is 2.75 bits per heavy atom. The average Bonchev–Trinajstić information content (AvgIpc) is 3.04. The quantitative estimate of drug-likeness (QED) is 0.708. The lowest BCUT2D eigenvalue weighted by molar-refractivity contribution is 0.0766. The molecule has 1 aromatic carbocycles. The Morgan fingerprint density at radius 2 is 2.12 bits per heavy atom. The van der Waals surface area contributed by atoms with E-state index in [1.165, 1.54) is 6.92 Å². The predicted octanol–water partition coefficient (Wildman–Crippen LogP) is 2.01. The number of fused-ring (bicyclic) bond motifs is 1. The minimum atomic E-state index is 0.0143. The molecular formula is C13H13NO2. The van der Waals surface area contributed by atoms with Gasteiger partial charge in [-0.2, -0.15) is 0 Å². The number of rotatable bonds is 2. The molecule has 1 fully saturated rings. The SMILES string of the molecule is CC(=O)c1ccc2c(c1)C(=O)N(C1CC1)C2. The summed E-state index contributed by atoms with van der Waals surface area (Å²) in [6, 6.07) is 5.90. The zero-order valence-corrected chi connectivity index (χ0v) is 9.19. The lowest BCUT2D eigenvalue weighted by Gasteiger charge is -2.13. The average molecular weight is 215 g/mol. The lowest BCUT2D eigenvalue weighted by Crippen LogP contribution is -2.25. The smallest absolute Gasteiger partial charge is 0.254 e. The van der Waals surface area contributed by atoms with Crippen LogP contribution in [0.4, 0.5) is 0 Å². The second-order valence-corrected chi connectivity index (χ2v) is 4.59. The minimum Gasteiger partial charge on any atom is -0.331 e. The third-order valence-electron chi connectivity index (χ3n) is 3.34. The van der Waals surface area contributed by atoms with Gasteiger partial charge in [0.05, 0.1) is 0 Å². The molecule has 0 bridgehead atoms. The number of benzene rings is 1. The van der Waals surface area contributed by atoms with E-state index in [0.29, 0.717) is 11.6 Å². The molecule has 0 spiro atoms. The molecule has 1 aromatic rings. The third-order valence-corrected chi connectivity index (χ3v) is 3.34. The zero-order chi connectivity index (χ0) is 11.3. The van der Waals surface area contributed by atoms with E-state index in [9.17, 15) is 9.59 Å². The Labute approximate surface area is 94.1 Å². The van der Waals surface area contributed by atoms with Crippen LogP contribution in [0.1, 0.15) is 46.0 Å². The van der Waals surface area contributed by atoms with E-state index < -0.39 is 0 Å². The van der Waals surface area contributed by atoms with Crippen molar-refractivity contribution in [1.82, 2.24) is 4.90 Å². The standard InChI is InChI=1S/C13H13NO2/c1-8(15)9-2-3-10-7-14(11-4-5-11)13(16)12(10)6-9/h2-3,6,11H,4-5,7H2,1H3. The summed E-state index contributed by atoms with van der Waals surface area (Å²) in [5.41, 5.74) is 2.41. The monoisotopic (exact) mass is 215 g/mol. The van der Waals surface area contributed by atoms with Gasteiger partial charge in [0.2, 0.25) is 0 Å². The van der Waals surface area contributed by atoms with Gasteiger partial charge in [-0.3, -0.25) is 9.59 Å². The zero-order valence-electron chi connectivity index (χ0n) is 9.19. The minimum absolute atomic E-state index is 0.0143. The Kier molecular flexibility index (Phi) is 1.90. The van der Waals surface area contributed by atoms with Crippen molar-refractivity contribution in [3.63, 3.8) is 0 Å². The second kappa shape index (κ2) is 3.17. The fourth-order valence-corrected chi connectivity index (χ4v) is 2.22. The van der Waals surface area contributed by atoms with Gasteiger partial charge in [-0.25, -0.2) is 0 Å². The van der Waals surface area contributed by atoms with Gasteiger partial charge < -0.3 is 4.90 Å². The highest BCUT2D eigenvalue weighted by molar-refractivity contribution is 6.02. The first-order chi connectivity index (χ1) is 7.66. The van der Waals surface area contributed by atoms with Crippen LogP contribution in [0.25, 0.3) is 0 Å². The highest BCUT2D eigenvalue weighted by Crippen LogP contribution is 2.34. The van der Waals surface area contributed by atoms with E-state index in [0.717, 1.165) is 30.5 Å². The molecule has 0 atom stereocenters. The van der Waals surface area contributed by atoms with Crippen molar-refractivity contribution < 1.29 is 9.59 Å². The van der Waals surface area contributed by atoms with Gasteiger partial charge in [0, 0.05) is 23.7 Å². The van der Waals surface area contributed by atoms with Crippen LogP contribution >= 0.6 is 0 Å². The van der Waals surface area contributed by atoms with Crippen LogP contribution < -0.4 is 0 Å². The lowest BCUT2D eigenvalue weighted by atomic mass is 10.0. The van der Waals surface area contributed by atoms with E-state index >= 15 is 0 Å².